The number of aromatic nitrogens is 1. The van der Waals surface area contributed by atoms with Gasteiger partial charge in [0.15, 0.2) is 0 Å². The maximum absolute atomic E-state index is 9.85. The molecule has 0 atom stereocenters. The van der Waals surface area contributed by atoms with Gasteiger partial charge in [-0.2, -0.15) is 0 Å². The number of nitrogens with zero attached hydrogens (tertiary/aromatic N) is 5. The Hall–Kier alpha value is -3.95. The fraction of sp³-hybridized carbons (Fsp3) is 0.345. The second-order valence-electron chi connectivity index (χ2n) is 9.10. The molecule has 0 saturated carbocycles. The number of ether oxygens (including phenoxy) is 3. The van der Waals surface area contributed by atoms with Crippen LogP contribution in [-0.4, -0.2) is 75.7 Å². The molecule has 1 aromatic carbocycles. The number of methoxy groups -OCH3 is 2. The summed E-state index contributed by atoms with van der Waals surface area (Å²) in [7, 11) is 3.26. The zero-order valence-corrected chi connectivity index (χ0v) is 21.8. The van der Waals surface area contributed by atoms with Crippen molar-refractivity contribution in [3.63, 3.8) is 0 Å². The molecule has 1 aromatic heterocycles. The van der Waals surface area contributed by atoms with E-state index >= 15 is 0 Å². The van der Waals surface area contributed by atoms with E-state index in [0.29, 0.717) is 30.9 Å². The predicted molar refractivity (Wildman–Crippen MR) is 150 cm³/mol. The number of aliphatic imine (C=N–C) groups is 2. The number of fused-ring (bicyclic) bond motifs is 2. The Kier molecular flexibility index (Phi) is 8.15. The zero-order valence-electron chi connectivity index (χ0n) is 21.8. The van der Waals surface area contributed by atoms with Crippen molar-refractivity contribution in [1.29, 1.82) is 0 Å². The normalized spacial score (nSPS) is 20.0. The zero-order chi connectivity index (χ0) is 26.3. The van der Waals surface area contributed by atoms with E-state index in [4.69, 9.17) is 24.2 Å². The van der Waals surface area contributed by atoms with Crippen molar-refractivity contribution in [2.45, 2.75) is 12.8 Å². The van der Waals surface area contributed by atoms with Crippen LogP contribution in [0, 0.1) is 0 Å². The standard InChI is InChI=1S/C29H33N5O4/c1-36-26-16-25(17-27(18-26)37-2)34(9-12-35)24-6-4-22-15-23(5-7-24)32-28(20-30-22)21-3-8-29(31-19-21)33-10-13-38-14-11-33/h3-6,8,16-20,35H,7,9-15H2,1-2H3/b22-4+,23-5?,24-6+. The molecular formula is C29H33N5O4. The molecule has 38 heavy (non-hydrogen) atoms. The van der Waals surface area contributed by atoms with Crippen molar-refractivity contribution >= 4 is 23.4 Å². The van der Waals surface area contributed by atoms with Gasteiger partial charge in [0.1, 0.15) is 17.3 Å². The van der Waals surface area contributed by atoms with Gasteiger partial charge in [0.05, 0.1) is 46.0 Å². The van der Waals surface area contributed by atoms with E-state index in [1.54, 1.807) is 14.2 Å². The molecule has 2 aromatic rings. The molecule has 0 amide bonds. The number of morpholine rings is 1. The van der Waals surface area contributed by atoms with Crippen LogP contribution in [0.25, 0.3) is 0 Å². The van der Waals surface area contributed by atoms with Crippen molar-refractivity contribution in [3.05, 3.63) is 77.4 Å². The Morgan fingerprint density at radius 1 is 1.03 bits per heavy atom. The van der Waals surface area contributed by atoms with Crippen LogP contribution in [0.4, 0.5) is 11.5 Å². The van der Waals surface area contributed by atoms with Gasteiger partial charge in [0.2, 0.25) is 0 Å². The summed E-state index contributed by atoms with van der Waals surface area (Å²) in [6, 6.07) is 9.80. The summed E-state index contributed by atoms with van der Waals surface area (Å²) in [5.74, 6) is 2.32. The van der Waals surface area contributed by atoms with Gasteiger partial charge in [-0.25, -0.2) is 4.98 Å². The third kappa shape index (κ3) is 5.95. The molecule has 0 spiro atoms. The van der Waals surface area contributed by atoms with Crippen molar-refractivity contribution in [1.82, 2.24) is 4.98 Å². The van der Waals surface area contributed by atoms with Gasteiger partial charge < -0.3 is 29.1 Å². The maximum Gasteiger partial charge on any atom is 0.128 e. The summed E-state index contributed by atoms with van der Waals surface area (Å²) in [4.78, 5) is 18.7. The molecule has 1 saturated heterocycles. The summed E-state index contributed by atoms with van der Waals surface area (Å²) in [5.41, 5.74) is 5.45. The number of aliphatic hydroxyl groups is 1. The number of allylic oxidation sites excluding steroid dienone is 3. The number of aliphatic hydroxyl groups excluding tert-OH is 1. The van der Waals surface area contributed by atoms with Crippen LogP contribution in [0.5, 0.6) is 11.5 Å². The second kappa shape index (κ2) is 12.1. The molecule has 0 unspecified atom stereocenters. The minimum absolute atomic E-state index is 0.00207. The first-order valence-corrected chi connectivity index (χ1v) is 12.8. The molecule has 1 N–H and O–H groups in total. The Balaban J connectivity index is 1.41. The summed E-state index contributed by atoms with van der Waals surface area (Å²) < 4.78 is 16.4. The smallest absolute Gasteiger partial charge is 0.128 e. The fourth-order valence-corrected chi connectivity index (χ4v) is 4.64. The minimum atomic E-state index is -0.00207. The number of hydrogen-bond acceptors (Lipinski definition) is 9. The Morgan fingerprint density at radius 3 is 2.50 bits per heavy atom. The summed E-state index contributed by atoms with van der Waals surface area (Å²) in [6.07, 6.45) is 11.2. The highest BCUT2D eigenvalue weighted by molar-refractivity contribution is 6.38. The van der Waals surface area contributed by atoms with E-state index in [2.05, 4.69) is 33.0 Å². The van der Waals surface area contributed by atoms with Crippen LogP contribution < -0.4 is 19.3 Å². The molecule has 3 aliphatic rings. The third-order valence-corrected chi connectivity index (χ3v) is 6.69. The number of pyridine rings is 1. The van der Waals surface area contributed by atoms with Crippen molar-refractivity contribution in [3.8, 4) is 11.5 Å². The molecular weight excluding hydrogens is 482 g/mol. The SMILES string of the molecule is COc1cc(OC)cc(N(CCO)/C2=C/C=C3\CC(=CC2)N=C(c2ccc(N4CCOCC4)nc2)C=N3)c1. The van der Waals surface area contributed by atoms with Crippen LogP contribution in [0.2, 0.25) is 0 Å². The summed E-state index contributed by atoms with van der Waals surface area (Å²) >= 11 is 0. The van der Waals surface area contributed by atoms with Crippen LogP contribution in [0.15, 0.2) is 81.8 Å². The number of hydrogen-bond donors (Lipinski definition) is 1. The molecule has 198 valence electrons. The third-order valence-electron chi connectivity index (χ3n) is 6.69. The van der Waals surface area contributed by atoms with Gasteiger partial charge in [0, 0.05) is 85.2 Å². The molecule has 5 rings (SSSR count). The topological polar surface area (TPSA) is 92.0 Å². The van der Waals surface area contributed by atoms with E-state index < -0.39 is 0 Å². The highest BCUT2D eigenvalue weighted by Crippen LogP contribution is 2.32. The molecule has 2 bridgehead atoms. The number of anilines is 2. The molecule has 1 aliphatic carbocycles. The first-order valence-electron chi connectivity index (χ1n) is 12.8. The summed E-state index contributed by atoms with van der Waals surface area (Å²) in [5, 5.41) is 9.85. The molecule has 0 radical (unpaired) electrons. The van der Waals surface area contributed by atoms with Gasteiger partial charge in [-0.3, -0.25) is 9.98 Å². The fourth-order valence-electron chi connectivity index (χ4n) is 4.64. The van der Waals surface area contributed by atoms with Crippen molar-refractivity contribution in [2.24, 2.45) is 9.98 Å². The quantitative estimate of drug-likeness (QED) is 0.572. The average Bonchev–Trinajstić information content (AvgIpc) is 3.19. The van der Waals surface area contributed by atoms with E-state index in [1.807, 2.05) is 42.8 Å². The molecule has 3 heterocycles. The lowest BCUT2D eigenvalue weighted by Gasteiger charge is -2.28. The lowest BCUT2D eigenvalue weighted by atomic mass is 10.1. The van der Waals surface area contributed by atoms with E-state index in [-0.39, 0.29) is 6.61 Å². The molecule has 9 nitrogen and oxygen atoms in total. The van der Waals surface area contributed by atoms with Gasteiger partial charge >= 0.3 is 0 Å². The van der Waals surface area contributed by atoms with E-state index in [1.165, 1.54) is 0 Å². The monoisotopic (exact) mass is 515 g/mol. The minimum Gasteiger partial charge on any atom is -0.497 e. The van der Waals surface area contributed by atoms with Crippen molar-refractivity contribution in [2.75, 3.05) is 63.5 Å². The highest BCUT2D eigenvalue weighted by Gasteiger charge is 2.18. The second-order valence-corrected chi connectivity index (χ2v) is 9.10. The largest absolute Gasteiger partial charge is 0.497 e. The molecule has 9 heteroatoms. The lowest BCUT2D eigenvalue weighted by molar-refractivity contribution is 0.122. The van der Waals surface area contributed by atoms with Gasteiger partial charge in [-0.05, 0) is 24.3 Å². The first-order chi connectivity index (χ1) is 18.7. The van der Waals surface area contributed by atoms with E-state index in [0.717, 1.165) is 66.2 Å². The highest BCUT2D eigenvalue weighted by atomic mass is 16.5. The molecule has 1 fully saturated rings. The Morgan fingerprint density at radius 2 is 1.82 bits per heavy atom. The number of rotatable bonds is 8. The average molecular weight is 516 g/mol. The Bertz CT molecular complexity index is 1270. The number of benzene rings is 1. The first kappa shape index (κ1) is 25.7. The Labute approximate surface area is 223 Å². The summed E-state index contributed by atoms with van der Waals surface area (Å²) in [6.45, 7) is 3.57. The van der Waals surface area contributed by atoms with Crippen LogP contribution in [-0.2, 0) is 4.74 Å². The van der Waals surface area contributed by atoms with Crippen LogP contribution in [0.3, 0.4) is 0 Å². The lowest BCUT2D eigenvalue weighted by Crippen LogP contribution is -2.36. The molecule has 2 aliphatic heterocycles. The van der Waals surface area contributed by atoms with Crippen molar-refractivity contribution < 1.29 is 19.3 Å². The van der Waals surface area contributed by atoms with E-state index in [9.17, 15) is 5.11 Å². The maximum atomic E-state index is 9.85. The predicted octanol–water partition coefficient (Wildman–Crippen LogP) is 3.75. The van der Waals surface area contributed by atoms with Gasteiger partial charge in [0.25, 0.3) is 0 Å². The van der Waals surface area contributed by atoms with Gasteiger partial charge in [-0.15, -0.1) is 0 Å². The van der Waals surface area contributed by atoms with Crippen LogP contribution in [0.1, 0.15) is 18.4 Å². The van der Waals surface area contributed by atoms with Crippen LogP contribution >= 0.6 is 0 Å². The van der Waals surface area contributed by atoms with Gasteiger partial charge in [-0.1, -0.05) is 6.08 Å².